The van der Waals surface area contributed by atoms with Crippen LogP contribution in [0.4, 0.5) is 0 Å². The van der Waals surface area contributed by atoms with E-state index in [1.807, 2.05) is 12.1 Å². The van der Waals surface area contributed by atoms with E-state index >= 15 is 0 Å². The summed E-state index contributed by atoms with van der Waals surface area (Å²) in [4.78, 5) is 14.4. The number of nitrogens with zero attached hydrogens (tertiary/aromatic N) is 1. The van der Waals surface area contributed by atoms with Crippen LogP contribution in [0.15, 0.2) is 28.7 Å². The number of benzene rings is 1. The molecule has 0 aliphatic carbocycles. The Morgan fingerprint density at radius 1 is 1.21 bits per heavy atom. The summed E-state index contributed by atoms with van der Waals surface area (Å²) in [7, 11) is 3.15. The van der Waals surface area contributed by atoms with Gasteiger partial charge in [0.15, 0.2) is 0 Å². The number of furan rings is 1. The number of rotatable bonds is 7. The largest absolute Gasteiger partial charge is 0.497 e. The van der Waals surface area contributed by atoms with E-state index in [2.05, 4.69) is 0 Å². The summed E-state index contributed by atoms with van der Waals surface area (Å²) in [6, 6.07) is 7.15. The minimum atomic E-state index is -0.184. The predicted octanol–water partition coefficient (Wildman–Crippen LogP) is 2.55. The van der Waals surface area contributed by atoms with Gasteiger partial charge in [0, 0.05) is 24.7 Å². The quantitative estimate of drug-likeness (QED) is 0.843. The fourth-order valence-corrected chi connectivity index (χ4v) is 2.57. The van der Waals surface area contributed by atoms with Gasteiger partial charge >= 0.3 is 0 Å². The van der Waals surface area contributed by atoms with Crippen molar-refractivity contribution >= 4 is 5.91 Å². The van der Waals surface area contributed by atoms with Crippen LogP contribution in [0.2, 0.25) is 0 Å². The molecule has 6 nitrogen and oxygen atoms in total. The summed E-state index contributed by atoms with van der Waals surface area (Å²) >= 11 is 0. The summed E-state index contributed by atoms with van der Waals surface area (Å²) in [5.41, 5.74) is 1.34. The summed E-state index contributed by atoms with van der Waals surface area (Å²) in [5.74, 6) is 2.38. The number of carbonyl (C=O) groups excluding carboxylic acids is 1. The van der Waals surface area contributed by atoms with Gasteiger partial charge in [-0.3, -0.25) is 4.79 Å². The number of aliphatic hydroxyl groups excluding tert-OH is 1. The monoisotopic (exact) mass is 333 g/mol. The molecule has 0 aliphatic heterocycles. The molecule has 2 rings (SSSR count). The number of ether oxygens (including phenoxy) is 2. The molecule has 24 heavy (non-hydrogen) atoms. The van der Waals surface area contributed by atoms with Crippen molar-refractivity contribution in [2.45, 2.75) is 20.4 Å². The van der Waals surface area contributed by atoms with Crippen LogP contribution in [0.3, 0.4) is 0 Å². The van der Waals surface area contributed by atoms with Crippen LogP contribution in [0.25, 0.3) is 0 Å². The Morgan fingerprint density at radius 3 is 2.50 bits per heavy atom. The summed E-state index contributed by atoms with van der Waals surface area (Å²) in [6.45, 7) is 3.96. The van der Waals surface area contributed by atoms with Crippen molar-refractivity contribution in [2.24, 2.45) is 0 Å². The first-order valence-electron chi connectivity index (χ1n) is 7.68. The van der Waals surface area contributed by atoms with Crippen molar-refractivity contribution < 1.29 is 23.8 Å². The highest BCUT2D eigenvalue weighted by atomic mass is 16.5. The molecule has 130 valence electrons. The molecule has 0 saturated heterocycles. The van der Waals surface area contributed by atoms with Crippen molar-refractivity contribution in [1.29, 1.82) is 0 Å². The third-order valence-corrected chi connectivity index (χ3v) is 3.78. The zero-order chi connectivity index (χ0) is 17.7. The normalized spacial score (nSPS) is 10.5. The van der Waals surface area contributed by atoms with Crippen molar-refractivity contribution in [3.05, 3.63) is 46.9 Å². The first-order valence-corrected chi connectivity index (χ1v) is 7.68. The molecule has 0 unspecified atom stereocenters. The lowest BCUT2D eigenvalue weighted by atomic mass is 10.1. The van der Waals surface area contributed by atoms with Crippen molar-refractivity contribution in [3.63, 3.8) is 0 Å². The van der Waals surface area contributed by atoms with Crippen LogP contribution in [0, 0.1) is 13.8 Å². The topological polar surface area (TPSA) is 72.1 Å². The molecule has 0 fully saturated rings. The van der Waals surface area contributed by atoms with Gasteiger partial charge in [0.05, 0.1) is 26.4 Å². The molecule has 1 N–H and O–H groups in total. The SMILES string of the molecule is COc1ccc(CN(CCO)C(=O)c2cc(C)oc2C)c(OC)c1. The Hall–Kier alpha value is -2.47. The zero-order valence-electron chi connectivity index (χ0n) is 14.5. The van der Waals surface area contributed by atoms with Crippen LogP contribution >= 0.6 is 0 Å². The second-order valence-electron chi connectivity index (χ2n) is 5.46. The summed E-state index contributed by atoms with van der Waals surface area (Å²) in [6.07, 6.45) is 0. The van der Waals surface area contributed by atoms with E-state index in [4.69, 9.17) is 13.9 Å². The van der Waals surface area contributed by atoms with Gasteiger partial charge in [0.1, 0.15) is 23.0 Å². The minimum Gasteiger partial charge on any atom is -0.497 e. The van der Waals surface area contributed by atoms with Crippen LogP contribution in [-0.2, 0) is 6.54 Å². The van der Waals surface area contributed by atoms with Crippen molar-refractivity contribution in [2.75, 3.05) is 27.4 Å². The number of aliphatic hydroxyl groups is 1. The Labute approximate surface area is 141 Å². The molecule has 1 heterocycles. The van der Waals surface area contributed by atoms with E-state index in [9.17, 15) is 9.90 Å². The number of hydrogen-bond donors (Lipinski definition) is 1. The number of hydrogen-bond acceptors (Lipinski definition) is 5. The molecule has 0 saturated carbocycles. The lowest BCUT2D eigenvalue weighted by Crippen LogP contribution is -2.33. The van der Waals surface area contributed by atoms with Crippen LogP contribution in [0.5, 0.6) is 11.5 Å². The molecular formula is C18H23NO5. The Morgan fingerprint density at radius 2 is 1.96 bits per heavy atom. The maximum Gasteiger partial charge on any atom is 0.257 e. The second-order valence-corrected chi connectivity index (χ2v) is 5.46. The number of methoxy groups -OCH3 is 2. The smallest absolute Gasteiger partial charge is 0.257 e. The van der Waals surface area contributed by atoms with Crippen LogP contribution in [-0.4, -0.2) is 43.3 Å². The lowest BCUT2D eigenvalue weighted by molar-refractivity contribution is 0.0705. The van der Waals surface area contributed by atoms with Gasteiger partial charge in [-0.05, 0) is 32.0 Å². The first kappa shape index (κ1) is 17.9. The van der Waals surface area contributed by atoms with E-state index in [1.165, 1.54) is 0 Å². The molecular weight excluding hydrogens is 310 g/mol. The van der Waals surface area contributed by atoms with Gasteiger partial charge in [-0.2, -0.15) is 0 Å². The Kier molecular flexibility index (Phi) is 5.87. The Balaban J connectivity index is 2.28. The highest BCUT2D eigenvalue weighted by Crippen LogP contribution is 2.26. The Bertz CT molecular complexity index is 707. The molecule has 1 amide bonds. The number of carbonyl (C=O) groups is 1. The molecule has 2 aromatic rings. The van der Waals surface area contributed by atoms with Crippen molar-refractivity contribution in [1.82, 2.24) is 4.90 Å². The fraction of sp³-hybridized carbons (Fsp3) is 0.389. The maximum atomic E-state index is 12.8. The molecule has 6 heteroatoms. The molecule has 0 spiro atoms. The van der Waals surface area contributed by atoms with Gasteiger partial charge in [-0.15, -0.1) is 0 Å². The molecule has 0 aliphatic rings. The molecule has 1 aromatic carbocycles. The van der Waals surface area contributed by atoms with Crippen molar-refractivity contribution in [3.8, 4) is 11.5 Å². The van der Waals surface area contributed by atoms with Gasteiger partial charge in [0.2, 0.25) is 0 Å². The number of aryl methyl sites for hydroxylation is 2. The summed E-state index contributed by atoms with van der Waals surface area (Å²) in [5, 5.41) is 9.33. The van der Waals surface area contributed by atoms with Crippen LogP contribution in [0.1, 0.15) is 27.4 Å². The molecule has 0 atom stereocenters. The highest BCUT2D eigenvalue weighted by molar-refractivity contribution is 5.95. The molecule has 1 aromatic heterocycles. The third kappa shape index (κ3) is 3.89. The standard InChI is InChI=1S/C18H23NO5/c1-12-9-16(13(2)24-12)18(21)19(7-8-20)11-14-5-6-15(22-3)10-17(14)23-4/h5-6,9-10,20H,7-8,11H2,1-4H3. The van der Waals surface area contributed by atoms with E-state index in [0.29, 0.717) is 35.1 Å². The third-order valence-electron chi connectivity index (χ3n) is 3.78. The van der Waals surface area contributed by atoms with E-state index in [-0.39, 0.29) is 19.1 Å². The van der Waals surface area contributed by atoms with E-state index in [1.54, 1.807) is 45.1 Å². The summed E-state index contributed by atoms with van der Waals surface area (Å²) < 4.78 is 16.0. The zero-order valence-corrected chi connectivity index (χ0v) is 14.5. The fourth-order valence-electron chi connectivity index (χ4n) is 2.57. The van der Waals surface area contributed by atoms with E-state index < -0.39 is 0 Å². The second kappa shape index (κ2) is 7.88. The predicted molar refractivity (Wildman–Crippen MR) is 89.6 cm³/mol. The molecule has 0 bridgehead atoms. The number of amides is 1. The maximum absolute atomic E-state index is 12.8. The van der Waals surface area contributed by atoms with Gasteiger partial charge in [-0.25, -0.2) is 0 Å². The van der Waals surface area contributed by atoms with Crippen LogP contribution < -0.4 is 9.47 Å². The van der Waals surface area contributed by atoms with E-state index in [0.717, 1.165) is 5.56 Å². The first-order chi connectivity index (χ1) is 11.5. The molecule has 0 radical (unpaired) electrons. The van der Waals surface area contributed by atoms with Gasteiger partial charge in [-0.1, -0.05) is 0 Å². The van der Waals surface area contributed by atoms with Gasteiger partial charge in [0.25, 0.3) is 5.91 Å². The van der Waals surface area contributed by atoms with Gasteiger partial charge < -0.3 is 23.9 Å². The average molecular weight is 333 g/mol. The highest BCUT2D eigenvalue weighted by Gasteiger charge is 2.21. The average Bonchev–Trinajstić information content (AvgIpc) is 2.92. The minimum absolute atomic E-state index is 0.125. The lowest BCUT2D eigenvalue weighted by Gasteiger charge is -2.23.